The van der Waals surface area contributed by atoms with Crippen LogP contribution in [0.25, 0.3) is 6.08 Å². The molecule has 38 heavy (non-hydrogen) atoms. The fourth-order valence-electron chi connectivity index (χ4n) is 6.58. The number of phenolic OH excluding ortho intramolecular Hbond substituents is 1. The van der Waals surface area contributed by atoms with E-state index in [1.165, 1.54) is 16.0 Å². The molecule has 3 heterocycles. The van der Waals surface area contributed by atoms with Gasteiger partial charge < -0.3 is 14.8 Å². The van der Waals surface area contributed by atoms with Crippen molar-refractivity contribution >= 4 is 36.3 Å². The Labute approximate surface area is 229 Å². The van der Waals surface area contributed by atoms with Gasteiger partial charge in [0.1, 0.15) is 5.75 Å². The first-order chi connectivity index (χ1) is 18.4. The molecule has 2 amide bonds. The standard InChI is InChI=1S/C30H36BNO5S/c1-3-8-21-16-23-28(30(35)32(29(23)34)18-22-10-7-14-38-22)24-17-31(36)37-26(27(21)24)13-12-19(4-2)15-20-9-5-6-11-25(20)33/h5-7,9-11,14-15,23-24,26,28,33,36H,3-4,8,12-13,16-18H2,1-2H3/b19-15+/t23-,24+,26-,28-/m1/s1. The smallest absolute Gasteiger partial charge is 0.455 e. The molecule has 8 heteroatoms. The number of rotatable bonds is 9. The van der Waals surface area contributed by atoms with Gasteiger partial charge in [-0.15, -0.1) is 11.3 Å². The van der Waals surface area contributed by atoms with Crippen molar-refractivity contribution in [1.29, 1.82) is 0 Å². The lowest BCUT2D eigenvalue weighted by Crippen LogP contribution is -2.46. The number of thiophene rings is 1. The van der Waals surface area contributed by atoms with E-state index in [2.05, 4.69) is 13.8 Å². The third-order valence-corrected chi connectivity index (χ3v) is 9.18. The summed E-state index contributed by atoms with van der Waals surface area (Å²) in [6.45, 7) is 4.56. The zero-order chi connectivity index (χ0) is 26.8. The zero-order valence-corrected chi connectivity index (χ0v) is 23.0. The summed E-state index contributed by atoms with van der Waals surface area (Å²) in [5.41, 5.74) is 4.36. The Balaban J connectivity index is 1.41. The van der Waals surface area contributed by atoms with E-state index in [9.17, 15) is 19.7 Å². The molecule has 0 radical (unpaired) electrons. The second-order valence-electron chi connectivity index (χ2n) is 10.7. The minimum atomic E-state index is -0.961. The van der Waals surface area contributed by atoms with Crippen LogP contribution < -0.4 is 0 Å². The van der Waals surface area contributed by atoms with Crippen molar-refractivity contribution in [1.82, 2.24) is 4.90 Å². The number of amides is 2. The highest BCUT2D eigenvalue weighted by Crippen LogP contribution is 2.51. The predicted octanol–water partition coefficient (Wildman–Crippen LogP) is 5.82. The van der Waals surface area contributed by atoms with Crippen LogP contribution in [0, 0.1) is 17.8 Å². The molecule has 2 aromatic rings. The summed E-state index contributed by atoms with van der Waals surface area (Å²) in [5.74, 6) is -0.880. The maximum Gasteiger partial charge on any atom is 0.455 e. The van der Waals surface area contributed by atoms with Crippen molar-refractivity contribution in [2.75, 3.05) is 0 Å². The van der Waals surface area contributed by atoms with Gasteiger partial charge in [0, 0.05) is 10.4 Å². The van der Waals surface area contributed by atoms with E-state index in [1.54, 1.807) is 17.4 Å². The molecule has 2 aliphatic heterocycles. The number of likely N-dealkylation sites (tertiary alicyclic amines) is 1. The lowest BCUT2D eigenvalue weighted by molar-refractivity contribution is -0.140. The maximum absolute atomic E-state index is 13.7. The van der Waals surface area contributed by atoms with Crippen LogP contribution in [0.3, 0.4) is 0 Å². The molecule has 0 saturated carbocycles. The molecule has 3 aliphatic rings. The van der Waals surface area contributed by atoms with Crippen molar-refractivity contribution in [2.45, 2.75) is 71.3 Å². The number of hydrogen-bond donors (Lipinski definition) is 2. The number of hydrogen-bond acceptors (Lipinski definition) is 6. The van der Waals surface area contributed by atoms with Crippen LogP contribution in [0.1, 0.15) is 62.8 Å². The van der Waals surface area contributed by atoms with Gasteiger partial charge in [-0.05, 0) is 67.4 Å². The number of carbonyl (C=O) groups excluding carboxylic acids is 2. The van der Waals surface area contributed by atoms with Gasteiger partial charge >= 0.3 is 7.12 Å². The molecule has 1 aliphatic carbocycles. The lowest BCUT2D eigenvalue weighted by atomic mass is 9.58. The number of benzene rings is 1. The molecule has 2 fully saturated rings. The molecule has 0 spiro atoms. The van der Waals surface area contributed by atoms with Crippen molar-refractivity contribution in [3.05, 3.63) is 68.9 Å². The van der Waals surface area contributed by atoms with E-state index >= 15 is 0 Å². The van der Waals surface area contributed by atoms with E-state index in [0.717, 1.165) is 41.7 Å². The molecule has 0 bridgehead atoms. The van der Waals surface area contributed by atoms with Crippen LogP contribution in [-0.4, -0.2) is 40.1 Å². The third kappa shape index (κ3) is 5.26. The van der Waals surface area contributed by atoms with Crippen LogP contribution >= 0.6 is 11.3 Å². The first-order valence-electron chi connectivity index (χ1n) is 13.8. The van der Waals surface area contributed by atoms with Gasteiger partial charge in [-0.25, -0.2) is 0 Å². The quantitative estimate of drug-likeness (QED) is 0.241. The van der Waals surface area contributed by atoms with Crippen molar-refractivity contribution < 1.29 is 24.4 Å². The van der Waals surface area contributed by atoms with E-state index < -0.39 is 13.0 Å². The van der Waals surface area contributed by atoms with Crippen LogP contribution in [0.15, 0.2) is 58.5 Å². The van der Waals surface area contributed by atoms with E-state index in [-0.39, 0.29) is 35.5 Å². The third-order valence-electron chi connectivity index (χ3n) is 8.32. The van der Waals surface area contributed by atoms with Crippen molar-refractivity contribution in [3.8, 4) is 5.75 Å². The topological polar surface area (TPSA) is 87.1 Å². The molecule has 200 valence electrons. The molecular weight excluding hydrogens is 497 g/mol. The number of allylic oxidation sites excluding steroid dienone is 2. The van der Waals surface area contributed by atoms with Crippen LogP contribution in [0.5, 0.6) is 5.75 Å². The summed E-state index contributed by atoms with van der Waals surface area (Å²) in [6.07, 6.45) is 6.78. The number of imide groups is 1. The van der Waals surface area contributed by atoms with Crippen molar-refractivity contribution in [3.63, 3.8) is 0 Å². The van der Waals surface area contributed by atoms with E-state index in [0.29, 0.717) is 25.7 Å². The van der Waals surface area contributed by atoms with Crippen LogP contribution in [0.4, 0.5) is 0 Å². The zero-order valence-electron chi connectivity index (χ0n) is 22.1. The van der Waals surface area contributed by atoms with E-state index in [4.69, 9.17) is 4.65 Å². The highest BCUT2D eigenvalue weighted by molar-refractivity contribution is 7.09. The highest BCUT2D eigenvalue weighted by Gasteiger charge is 2.57. The number of aromatic hydroxyl groups is 1. The van der Waals surface area contributed by atoms with Gasteiger partial charge in [0.05, 0.1) is 24.5 Å². The summed E-state index contributed by atoms with van der Waals surface area (Å²) in [6, 6.07) is 11.2. The Kier molecular flexibility index (Phi) is 8.22. The average Bonchev–Trinajstić information content (AvgIpc) is 3.50. The number of phenols is 1. The lowest BCUT2D eigenvalue weighted by Gasteiger charge is -2.43. The van der Waals surface area contributed by atoms with Gasteiger partial charge in [0.2, 0.25) is 11.8 Å². The molecule has 2 saturated heterocycles. The van der Waals surface area contributed by atoms with Crippen molar-refractivity contribution in [2.24, 2.45) is 17.8 Å². The largest absolute Gasteiger partial charge is 0.507 e. The van der Waals surface area contributed by atoms with Gasteiger partial charge in [-0.3, -0.25) is 14.5 Å². The van der Waals surface area contributed by atoms with Crippen LogP contribution in [0.2, 0.25) is 6.32 Å². The molecule has 0 unspecified atom stereocenters. The number of para-hydroxylation sites is 1. The monoisotopic (exact) mass is 533 g/mol. The van der Waals surface area contributed by atoms with Gasteiger partial charge in [0.25, 0.3) is 0 Å². The minimum absolute atomic E-state index is 0.0718. The first kappa shape index (κ1) is 26.9. The van der Waals surface area contributed by atoms with E-state index in [1.807, 2.05) is 41.8 Å². The molecule has 6 nitrogen and oxygen atoms in total. The summed E-state index contributed by atoms with van der Waals surface area (Å²) in [7, 11) is -0.961. The summed E-state index contributed by atoms with van der Waals surface area (Å²) < 4.78 is 6.14. The predicted molar refractivity (Wildman–Crippen MR) is 150 cm³/mol. The molecule has 5 rings (SSSR count). The molecule has 2 N–H and O–H groups in total. The Morgan fingerprint density at radius 2 is 1.97 bits per heavy atom. The normalized spacial score (nSPS) is 25.7. The second kappa shape index (κ2) is 11.6. The van der Waals surface area contributed by atoms with Gasteiger partial charge in [0.15, 0.2) is 0 Å². The molecular formula is C30H36BNO5S. The Bertz CT molecular complexity index is 1240. The number of fused-ring (bicyclic) bond motifs is 3. The highest BCUT2D eigenvalue weighted by atomic mass is 32.1. The maximum atomic E-state index is 13.7. The Morgan fingerprint density at radius 1 is 1.16 bits per heavy atom. The summed E-state index contributed by atoms with van der Waals surface area (Å²) in [4.78, 5) is 29.6. The minimum Gasteiger partial charge on any atom is -0.507 e. The number of carbonyl (C=O) groups is 2. The average molecular weight is 533 g/mol. The summed E-state index contributed by atoms with van der Waals surface area (Å²) >= 11 is 1.55. The fourth-order valence-corrected chi connectivity index (χ4v) is 7.27. The van der Waals surface area contributed by atoms with Gasteiger partial charge in [-0.2, -0.15) is 0 Å². The Hall–Kier alpha value is -2.68. The number of nitrogens with zero attached hydrogens (tertiary/aromatic N) is 1. The Morgan fingerprint density at radius 3 is 2.68 bits per heavy atom. The van der Waals surface area contributed by atoms with Crippen LogP contribution in [-0.2, 0) is 20.8 Å². The fraction of sp³-hybridized carbons (Fsp3) is 0.467. The first-order valence-corrected chi connectivity index (χ1v) is 14.7. The SMILES string of the molecule is CCCC1=C2[C@@H](CC/C(=C/c3ccccc3O)CC)OB(O)C[C@@H]2[C@@H]2C(=O)N(Cc3cccs3)C(=O)[C@@H]2C1. The second-order valence-corrected chi connectivity index (χ2v) is 11.7. The molecule has 1 aromatic carbocycles. The molecule has 1 aromatic heterocycles. The van der Waals surface area contributed by atoms with Gasteiger partial charge in [-0.1, -0.05) is 61.8 Å². The molecule has 4 atom stereocenters. The summed E-state index contributed by atoms with van der Waals surface area (Å²) in [5, 5.41) is 23.0.